The number of morpholine rings is 1. The molecule has 0 atom stereocenters. The number of amides is 1. The highest BCUT2D eigenvalue weighted by molar-refractivity contribution is 7.22. The van der Waals surface area contributed by atoms with Gasteiger partial charge >= 0.3 is 0 Å². The zero-order valence-corrected chi connectivity index (χ0v) is 14.7. The van der Waals surface area contributed by atoms with Crippen LogP contribution in [0.4, 0.5) is 10.9 Å². The Morgan fingerprint density at radius 1 is 1.20 bits per heavy atom. The summed E-state index contributed by atoms with van der Waals surface area (Å²) >= 11 is 7.33. The van der Waals surface area contributed by atoms with Crippen molar-refractivity contribution in [3.8, 4) is 0 Å². The lowest BCUT2D eigenvalue weighted by Crippen LogP contribution is -2.37. The fourth-order valence-electron chi connectivity index (χ4n) is 2.52. The number of carbonyl (C=O) groups excluding carboxylic acids is 1. The lowest BCUT2D eigenvalue weighted by molar-refractivity contribution is 0.102. The van der Waals surface area contributed by atoms with E-state index in [4.69, 9.17) is 16.3 Å². The Labute approximate surface area is 152 Å². The predicted octanol–water partition coefficient (Wildman–Crippen LogP) is 2.83. The van der Waals surface area contributed by atoms with E-state index in [0.717, 1.165) is 29.1 Å². The smallest absolute Gasteiger partial charge is 0.277 e. The first-order valence-electron chi connectivity index (χ1n) is 7.73. The van der Waals surface area contributed by atoms with Gasteiger partial charge in [-0.15, -0.1) is 10.2 Å². The number of carbonyl (C=O) groups is 1. The molecule has 1 fully saturated rings. The van der Waals surface area contributed by atoms with Crippen molar-refractivity contribution >= 4 is 50.0 Å². The monoisotopic (exact) mass is 375 g/mol. The Kier molecular flexibility index (Phi) is 4.48. The minimum atomic E-state index is -0.341. The molecule has 2 aromatic heterocycles. The van der Waals surface area contributed by atoms with E-state index in [0.29, 0.717) is 23.4 Å². The van der Waals surface area contributed by atoms with Gasteiger partial charge in [0.1, 0.15) is 0 Å². The first-order valence-corrected chi connectivity index (χ1v) is 8.92. The van der Waals surface area contributed by atoms with E-state index in [1.807, 2.05) is 12.1 Å². The zero-order valence-electron chi connectivity index (χ0n) is 13.1. The van der Waals surface area contributed by atoms with Crippen LogP contribution in [0.15, 0.2) is 30.3 Å². The Balaban J connectivity index is 1.48. The van der Waals surface area contributed by atoms with Crippen LogP contribution in [-0.4, -0.2) is 47.4 Å². The van der Waals surface area contributed by atoms with Crippen molar-refractivity contribution in [1.82, 2.24) is 15.2 Å². The molecule has 7 nitrogen and oxygen atoms in total. The molecule has 0 unspecified atom stereocenters. The summed E-state index contributed by atoms with van der Waals surface area (Å²) in [7, 11) is 0. The molecule has 25 heavy (non-hydrogen) atoms. The van der Waals surface area contributed by atoms with Gasteiger partial charge in [-0.3, -0.25) is 10.1 Å². The number of rotatable bonds is 3. The maximum Gasteiger partial charge on any atom is 0.277 e. The second kappa shape index (κ2) is 6.91. The SMILES string of the molecule is O=C(Nc1nc2ccc(Cl)cc2s1)c1ccc(N2CCOCC2)nn1. The Morgan fingerprint density at radius 2 is 2.04 bits per heavy atom. The molecular formula is C16H14ClN5O2S. The second-order valence-electron chi connectivity index (χ2n) is 5.46. The number of fused-ring (bicyclic) bond motifs is 1. The van der Waals surface area contributed by atoms with Crippen LogP contribution in [-0.2, 0) is 4.74 Å². The van der Waals surface area contributed by atoms with Crippen LogP contribution in [0.2, 0.25) is 5.02 Å². The lowest BCUT2D eigenvalue weighted by Gasteiger charge is -2.27. The standard InChI is InChI=1S/C16H14ClN5O2S/c17-10-1-2-11-13(9-10)25-16(18-11)19-15(23)12-3-4-14(21-20-12)22-5-7-24-8-6-22/h1-4,9H,5-8H2,(H,18,19,23). The first-order chi connectivity index (χ1) is 12.2. The van der Waals surface area contributed by atoms with Gasteiger partial charge in [0.25, 0.3) is 5.91 Å². The van der Waals surface area contributed by atoms with Crippen molar-refractivity contribution < 1.29 is 9.53 Å². The number of ether oxygens (including phenoxy) is 1. The summed E-state index contributed by atoms with van der Waals surface area (Å²) in [6, 6.07) is 8.87. The summed E-state index contributed by atoms with van der Waals surface area (Å²) in [4.78, 5) is 18.8. The van der Waals surface area contributed by atoms with E-state index >= 15 is 0 Å². The van der Waals surface area contributed by atoms with Gasteiger partial charge in [0.2, 0.25) is 0 Å². The number of thiazole rings is 1. The van der Waals surface area contributed by atoms with Gasteiger partial charge in [-0.05, 0) is 30.3 Å². The number of hydrogen-bond acceptors (Lipinski definition) is 7. The molecule has 1 saturated heterocycles. The lowest BCUT2D eigenvalue weighted by atomic mass is 10.3. The van der Waals surface area contributed by atoms with Crippen molar-refractivity contribution in [2.45, 2.75) is 0 Å². The molecule has 0 aliphatic carbocycles. The highest BCUT2D eigenvalue weighted by atomic mass is 35.5. The zero-order chi connectivity index (χ0) is 17.2. The molecule has 1 aromatic carbocycles. The summed E-state index contributed by atoms with van der Waals surface area (Å²) < 4.78 is 6.23. The molecule has 1 N–H and O–H groups in total. The molecule has 128 valence electrons. The van der Waals surface area contributed by atoms with Crippen molar-refractivity contribution in [2.75, 3.05) is 36.5 Å². The van der Waals surface area contributed by atoms with E-state index in [1.165, 1.54) is 11.3 Å². The maximum atomic E-state index is 12.3. The van der Waals surface area contributed by atoms with E-state index in [9.17, 15) is 4.79 Å². The molecule has 3 aromatic rings. The van der Waals surface area contributed by atoms with Gasteiger partial charge in [-0.1, -0.05) is 22.9 Å². The number of anilines is 2. The van der Waals surface area contributed by atoms with Crippen LogP contribution in [0.3, 0.4) is 0 Å². The number of nitrogens with one attached hydrogen (secondary N) is 1. The highest BCUT2D eigenvalue weighted by Gasteiger charge is 2.15. The molecule has 0 spiro atoms. The Hall–Kier alpha value is -2.29. The van der Waals surface area contributed by atoms with Crippen molar-refractivity contribution in [2.24, 2.45) is 0 Å². The van der Waals surface area contributed by atoms with Gasteiger partial charge in [-0.2, -0.15) is 0 Å². The quantitative estimate of drug-likeness (QED) is 0.758. The van der Waals surface area contributed by atoms with Crippen molar-refractivity contribution in [3.05, 3.63) is 41.0 Å². The van der Waals surface area contributed by atoms with Crippen LogP contribution in [0.5, 0.6) is 0 Å². The fourth-order valence-corrected chi connectivity index (χ4v) is 3.66. The number of hydrogen-bond donors (Lipinski definition) is 1. The molecule has 4 rings (SSSR count). The number of halogens is 1. The fraction of sp³-hybridized carbons (Fsp3) is 0.250. The minimum Gasteiger partial charge on any atom is -0.378 e. The number of aromatic nitrogens is 3. The third-order valence-corrected chi connectivity index (χ3v) is 4.96. The van der Waals surface area contributed by atoms with Crippen molar-refractivity contribution in [3.63, 3.8) is 0 Å². The molecule has 1 aliphatic heterocycles. The number of benzene rings is 1. The van der Waals surface area contributed by atoms with E-state index < -0.39 is 0 Å². The largest absolute Gasteiger partial charge is 0.378 e. The average molecular weight is 376 g/mol. The molecule has 3 heterocycles. The van der Waals surface area contributed by atoms with Crippen LogP contribution < -0.4 is 10.2 Å². The van der Waals surface area contributed by atoms with Crippen LogP contribution in [0, 0.1) is 0 Å². The Bertz CT molecular complexity index is 909. The summed E-state index contributed by atoms with van der Waals surface area (Å²) in [5, 5.41) is 12.1. The van der Waals surface area contributed by atoms with Gasteiger partial charge in [0.15, 0.2) is 16.6 Å². The van der Waals surface area contributed by atoms with Crippen molar-refractivity contribution in [1.29, 1.82) is 0 Å². The molecular weight excluding hydrogens is 362 g/mol. The van der Waals surface area contributed by atoms with E-state index in [-0.39, 0.29) is 11.6 Å². The third kappa shape index (κ3) is 3.55. The third-order valence-electron chi connectivity index (χ3n) is 3.79. The number of nitrogens with zero attached hydrogens (tertiary/aromatic N) is 4. The van der Waals surface area contributed by atoms with Gasteiger partial charge in [0.05, 0.1) is 23.4 Å². The second-order valence-corrected chi connectivity index (χ2v) is 6.93. The van der Waals surface area contributed by atoms with Gasteiger partial charge in [-0.25, -0.2) is 4.98 Å². The van der Waals surface area contributed by atoms with E-state index in [2.05, 4.69) is 25.4 Å². The first kappa shape index (κ1) is 16.2. The molecule has 1 amide bonds. The summed E-state index contributed by atoms with van der Waals surface area (Å²) in [6.07, 6.45) is 0. The topological polar surface area (TPSA) is 80.2 Å². The summed E-state index contributed by atoms with van der Waals surface area (Å²) in [6.45, 7) is 2.89. The summed E-state index contributed by atoms with van der Waals surface area (Å²) in [5.41, 5.74) is 1.03. The highest BCUT2D eigenvalue weighted by Crippen LogP contribution is 2.28. The Morgan fingerprint density at radius 3 is 2.80 bits per heavy atom. The summed E-state index contributed by atoms with van der Waals surface area (Å²) in [5.74, 6) is 0.403. The predicted molar refractivity (Wildman–Crippen MR) is 97.6 cm³/mol. The average Bonchev–Trinajstić information content (AvgIpc) is 3.04. The van der Waals surface area contributed by atoms with E-state index in [1.54, 1.807) is 18.2 Å². The van der Waals surface area contributed by atoms with Crippen LogP contribution in [0.25, 0.3) is 10.2 Å². The maximum absolute atomic E-state index is 12.3. The molecule has 0 radical (unpaired) electrons. The van der Waals surface area contributed by atoms with Crippen LogP contribution >= 0.6 is 22.9 Å². The van der Waals surface area contributed by atoms with Crippen LogP contribution in [0.1, 0.15) is 10.5 Å². The minimum absolute atomic E-state index is 0.245. The molecule has 9 heteroatoms. The molecule has 1 aliphatic rings. The normalized spacial score (nSPS) is 14.7. The van der Waals surface area contributed by atoms with Gasteiger partial charge in [0, 0.05) is 18.1 Å². The molecule has 0 saturated carbocycles. The van der Waals surface area contributed by atoms with Gasteiger partial charge < -0.3 is 9.64 Å². The molecule has 0 bridgehead atoms.